The van der Waals surface area contributed by atoms with Crippen molar-refractivity contribution < 1.29 is 0 Å². The minimum Gasteiger partial charge on any atom is -0.374 e. The molecule has 0 saturated heterocycles. The molecule has 2 heterocycles. The highest BCUT2D eigenvalue weighted by Gasteiger charge is 2.04. The number of nitrogens with two attached hydrogens (primary N) is 1. The SMILES string of the molecule is CC.CCc1ccc(-c2nnc(N)s2)nc1. The lowest BCUT2D eigenvalue weighted by Crippen LogP contribution is -1.85. The number of aryl methyl sites for hydroxylation is 1. The minimum atomic E-state index is 0.473. The Balaban J connectivity index is 0.000000606. The van der Waals surface area contributed by atoms with E-state index in [-0.39, 0.29) is 0 Å². The van der Waals surface area contributed by atoms with Gasteiger partial charge in [-0.3, -0.25) is 4.98 Å². The summed E-state index contributed by atoms with van der Waals surface area (Å²) in [5.41, 5.74) is 7.53. The van der Waals surface area contributed by atoms with Crippen molar-refractivity contribution in [3.63, 3.8) is 0 Å². The zero-order valence-corrected chi connectivity index (χ0v) is 10.6. The summed E-state index contributed by atoms with van der Waals surface area (Å²) in [5.74, 6) is 0. The molecule has 0 spiro atoms. The van der Waals surface area contributed by atoms with Crippen LogP contribution in [0.1, 0.15) is 26.3 Å². The first-order valence-electron chi connectivity index (χ1n) is 5.34. The van der Waals surface area contributed by atoms with Gasteiger partial charge in [-0.05, 0) is 18.1 Å². The monoisotopic (exact) mass is 236 g/mol. The summed E-state index contributed by atoms with van der Waals surface area (Å²) in [5, 5.41) is 8.91. The van der Waals surface area contributed by atoms with Crippen LogP contribution in [0.4, 0.5) is 5.13 Å². The van der Waals surface area contributed by atoms with Crippen molar-refractivity contribution in [2.75, 3.05) is 5.73 Å². The second kappa shape index (κ2) is 6.17. The largest absolute Gasteiger partial charge is 0.374 e. The number of aromatic nitrogens is 3. The van der Waals surface area contributed by atoms with Crippen LogP contribution in [0, 0.1) is 0 Å². The Labute approximate surface area is 99.6 Å². The van der Waals surface area contributed by atoms with Crippen LogP contribution in [-0.4, -0.2) is 15.2 Å². The molecule has 0 atom stereocenters. The number of pyridine rings is 1. The molecule has 0 amide bonds. The second-order valence-electron chi connectivity index (χ2n) is 2.85. The van der Waals surface area contributed by atoms with Crippen LogP contribution in [0.25, 0.3) is 10.7 Å². The van der Waals surface area contributed by atoms with Crippen molar-refractivity contribution in [1.82, 2.24) is 15.2 Å². The summed E-state index contributed by atoms with van der Waals surface area (Å²) in [6.07, 6.45) is 2.85. The lowest BCUT2D eigenvalue weighted by molar-refractivity contribution is 1.08. The van der Waals surface area contributed by atoms with Gasteiger partial charge >= 0.3 is 0 Å². The molecule has 4 nitrogen and oxygen atoms in total. The maximum absolute atomic E-state index is 5.49. The Bertz CT molecular complexity index is 422. The van der Waals surface area contributed by atoms with Crippen molar-refractivity contribution in [3.8, 4) is 10.7 Å². The average Bonchev–Trinajstić information content (AvgIpc) is 2.79. The molecule has 0 radical (unpaired) electrons. The molecule has 2 rings (SSSR count). The van der Waals surface area contributed by atoms with Crippen LogP contribution in [0.15, 0.2) is 18.3 Å². The van der Waals surface area contributed by atoms with Crippen LogP contribution in [0.3, 0.4) is 0 Å². The molecule has 0 unspecified atom stereocenters. The van der Waals surface area contributed by atoms with Crippen LogP contribution >= 0.6 is 11.3 Å². The predicted octanol–water partition coefficient (Wildman–Crippen LogP) is 2.77. The van der Waals surface area contributed by atoms with Gasteiger partial charge in [-0.2, -0.15) is 0 Å². The van der Waals surface area contributed by atoms with E-state index in [1.165, 1.54) is 16.9 Å². The van der Waals surface area contributed by atoms with Gasteiger partial charge in [-0.15, -0.1) is 10.2 Å². The van der Waals surface area contributed by atoms with Crippen molar-refractivity contribution in [3.05, 3.63) is 23.9 Å². The third-order valence-electron chi connectivity index (χ3n) is 1.89. The molecule has 16 heavy (non-hydrogen) atoms. The molecule has 5 heteroatoms. The first-order chi connectivity index (χ1) is 7.79. The summed E-state index contributed by atoms with van der Waals surface area (Å²) in [7, 11) is 0. The fraction of sp³-hybridized carbons (Fsp3) is 0.364. The van der Waals surface area contributed by atoms with Gasteiger partial charge in [-0.25, -0.2) is 0 Å². The molecule has 0 bridgehead atoms. The lowest BCUT2D eigenvalue weighted by atomic mass is 10.2. The smallest absolute Gasteiger partial charge is 0.203 e. The quantitative estimate of drug-likeness (QED) is 0.870. The average molecular weight is 236 g/mol. The van der Waals surface area contributed by atoms with Gasteiger partial charge in [0.2, 0.25) is 5.13 Å². The predicted molar refractivity (Wildman–Crippen MR) is 68.3 cm³/mol. The molecular weight excluding hydrogens is 220 g/mol. The first-order valence-corrected chi connectivity index (χ1v) is 6.15. The maximum atomic E-state index is 5.49. The number of anilines is 1. The van der Waals surface area contributed by atoms with Gasteiger partial charge in [0.05, 0.1) is 0 Å². The molecule has 0 aliphatic rings. The Hall–Kier alpha value is -1.49. The summed E-state index contributed by atoms with van der Waals surface area (Å²) in [4.78, 5) is 4.29. The lowest BCUT2D eigenvalue weighted by Gasteiger charge is -1.96. The third kappa shape index (κ3) is 3.00. The van der Waals surface area contributed by atoms with Gasteiger partial charge in [0, 0.05) is 6.20 Å². The van der Waals surface area contributed by atoms with Crippen LogP contribution in [0.2, 0.25) is 0 Å². The minimum absolute atomic E-state index is 0.473. The number of nitrogens with zero attached hydrogens (tertiary/aromatic N) is 3. The van der Waals surface area contributed by atoms with Gasteiger partial charge in [0.25, 0.3) is 0 Å². The molecule has 0 saturated carbocycles. The molecule has 0 aliphatic heterocycles. The molecule has 2 aromatic heterocycles. The van der Waals surface area contributed by atoms with E-state index >= 15 is 0 Å². The van der Waals surface area contributed by atoms with E-state index in [0.29, 0.717) is 5.13 Å². The third-order valence-corrected chi connectivity index (χ3v) is 2.67. The maximum Gasteiger partial charge on any atom is 0.203 e. The molecule has 86 valence electrons. The highest BCUT2D eigenvalue weighted by atomic mass is 32.1. The van der Waals surface area contributed by atoms with Gasteiger partial charge in [0.1, 0.15) is 5.69 Å². The molecule has 0 aromatic carbocycles. The summed E-state index contributed by atoms with van der Waals surface area (Å²) in [6.45, 7) is 6.10. The summed E-state index contributed by atoms with van der Waals surface area (Å²) in [6, 6.07) is 3.98. The van der Waals surface area contributed by atoms with Crippen molar-refractivity contribution in [2.45, 2.75) is 27.2 Å². The Kier molecular flexibility index (Phi) is 4.85. The van der Waals surface area contributed by atoms with E-state index in [9.17, 15) is 0 Å². The number of hydrogen-bond acceptors (Lipinski definition) is 5. The van der Waals surface area contributed by atoms with Crippen LogP contribution in [0.5, 0.6) is 0 Å². The first kappa shape index (κ1) is 12.6. The topological polar surface area (TPSA) is 64.7 Å². The van der Waals surface area contributed by atoms with Crippen molar-refractivity contribution >= 4 is 16.5 Å². The number of hydrogen-bond donors (Lipinski definition) is 1. The molecule has 0 fully saturated rings. The van der Waals surface area contributed by atoms with Gasteiger partial charge < -0.3 is 5.73 Å². The number of rotatable bonds is 2. The molecule has 2 N–H and O–H groups in total. The fourth-order valence-corrected chi connectivity index (χ4v) is 1.68. The van der Waals surface area contributed by atoms with E-state index in [4.69, 9.17) is 5.73 Å². The normalized spacial score (nSPS) is 9.44. The molecule has 2 aromatic rings. The fourth-order valence-electron chi connectivity index (χ4n) is 1.10. The van der Waals surface area contributed by atoms with Gasteiger partial charge in [-0.1, -0.05) is 38.2 Å². The Morgan fingerprint density at radius 1 is 1.25 bits per heavy atom. The van der Waals surface area contributed by atoms with Crippen molar-refractivity contribution in [1.29, 1.82) is 0 Å². The Morgan fingerprint density at radius 2 is 2.00 bits per heavy atom. The summed E-state index contributed by atoms with van der Waals surface area (Å²) >= 11 is 1.35. The standard InChI is InChI=1S/C9H10N4S.C2H6/c1-2-6-3-4-7(11-5-6)8-12-13-9(10)14-8;1-2/h3-5H,2H2,1H3,(H2,10,13);1-2H3. The second-order valence-corrected chi connectivity index (χ2v) is 3.86. The molecular formula is C11H16N4S. The van der Waals surface area contributed by atoms with Gasteiger partial charge in [0.15, 0.2) is 5.01 Å². The van der Waals surface area contributed by atoms with E-state index in [2.05, 4.69) is 22.1 Å². The van der Waals surface area contributed by atoms with E-state index < -0.39 is 0 Å². The van der Waals surface area contributed by atoms with Crippen molar-refractivity contribution in [2.24, 2.45) is 0 Å². The van der Waals surface area contributed by atoms with E-state index in [1.807, 2.05) is 32.2 Å². The Morgan fingerprint density at radius 3 is 2.44 bits per heavy atom. The molecule has 0 aliphatic carbocycles. The highest BCUT2D eigenvalue weighted by Crippen LogP contribution is 2.22. The zero-order valence-electron chi connectivity index (χ0n) is 9.77. The van der Waals surface area contributed by atoms with E-state index in [1.54, 1.807) is 0 Å². The summed E-state index contributed by atoms with van der Waals surface area (Å²) < 4.78 is 0. The number of nitrogen functional groups attached to an aromatic ring is 1. The van der Waals surface area contributed by atoms with Crippen LogP contribution in [-0.2, 0) is 6.42 Å². The highest BCUT2D eigenvalue weighted by molar-refractivity contribution is 7.18. The van der Waals surface area contributed by atoms with E-state index in [0.717, 1.165) is 17.1 Å². The zero-order chi connectivity index (χ0) is 12.0. The van der Waals surface area contributed by atoms with Crippen LogP contribution < -0.4 is 5.73 Å².